The second-order valence-electron chi connectivity index (χ2n) is 3.85. The first-order valence-corrected chi connectivity index (χ1v) is 7.58. The second kappa shape index (κ2) is 4.05. The maximum atomic E-state index is 12.4. The van der Waals surface area contributed by atoms with Crippen LogP contribution in [-0.2, 0) is 10.0 Å². The van der Waals surface area contributed by atoms with Gasteiger partial charge in [0.15, 0.2) is 0 Å². The summed E-state index contributed by atoms with van der Waals surface area (Å²) in [5.74, 6) is 0.857. The predicted octanol–water partition coefficient (Wildman–Crippen LogP) is 1.11. The maximum absolute atomic E-state index is 12.4. The van der Waals surface area contributed by atoms with Crippen LogP contribution in [0.4, 0.5) is 0 Å². The number of aromatic nitrogens is 2. The number of hydrogen-bond donors (Lipinski definition) is 1. The van der Waals surface area contributed by atoms with Gasteiger partial charge in [-0.15, -0.1) is 11.8 Å². The van der Waals surface area contributed by atoms with Crippen molar-refractivity contribution in [2.45, 2.75) is 31.0 Å². The molecule has 1 atom stereocenters. The van der Waals surface area contributed by atoms with Crippen LogP contribution in [0.2, 0.25) is 0 Å². The molecule has 5 nitrogen and oxygen atoms in total. The first kappa shape index (κ1) is 11.9. The molecule has 1 aliphatic heterocycles. The first-order valence-electron chi connectivity index (χ1n) is 5.09. The summed E-state index contributed by atoms with van der Waals surface area (Å²) in [5.41, 5.74) is 1.16. The van der Waals surface area contributed by atoms with Gasteiger partial charge >= 0.3 is 0 Å². The molecule has 0 amide bonds. The van der Waals surface area contributed by atoms with Gasteiger partial charge in [-0.1, -0.05) is 0 Å². The van der Waals surface area contributed by atoms with E-state index in [0.717, 1.165) is 5.75 Å². The minimum absolute atomic E-state index is 0.0127. The summed E-state index contributed by atoms with van der Waals surface area (Å²) >= 11 is 1.66. The molecule has 1 aromatic heterocycles. The molecule has 1 fully saturated rings. The second-order valence-corrected chi connectivity index (χ2v) is 7.10. The molecule has 1 saturated heterocycles. The van der Waals surface area contributed by atoms with Crippen LogP contribution in [0.15, 0.2) is 4.90 Å². The third-order valence-electron chi connectivity index (χ3n) is 2.70. The lowest BCUT2D eigenvalue weighted by Crippen LogP contribution is -2.33. The minimum atomic E-state index is -3.39. The molecule has 0 saturated carbocycles. The molecular formula is C9H15N3O2S2. The quantitative estimate of drug-likeness (QED) is 0.866. The summed E-state index contributed by atoms with van der Waals surface area (Å²) in [5, 5.41) is 6.67. The van der Waals surface area contributed by atoms with Crippen LogP contribution in [0.5, 0.6) is 0 Å². The van der Waals surface area contributed by atoms with Crippen molar-refractivity contribution in [3.63, 3.8) is 0 Å². The van der Waals surface area contributed by atoms with Crippen LogP contribution < -0.4 is 0 Å². The van der Waals surface area contributed by atoms with Crippen molar-refractivity contribution in [2.75, 3.05) is 12.3 Å². The highest BCUT2D eigenvalue weighted by Crippen LogP contribution is 2.31. The van der Waals surface area contributed by atoms with Gasteiger partial charge < -0.3 is 0 Å². The van der Waals surface area contributed by atoms with E-state index in [0.29, 0.717) is 22.8 Å². The van der Waals surface area contributed by atoms with Crippen LogP contribution in [0.1, 0.15) is 18.3 Å². The largest absolute Gasteiger partial charge is 0.281 e. The van der Waals surface area contributed by atoms with Crippen molar-refractivity contribution >= 4 is 21.8 Å². The number of hydrogen-bond acceptors (Lipinski definition) is 4. The fourth-order valence-electron chi connectivity index (χ4n) is 1.93. The molecule has 7 heteroatoms. The van der Waals surface area contributed by atoms with Crippen molar-refractivity contribution < 1.29 is 8.42 Å². The highest BCUT2D eigenvalue weighted by atomic mass is 32.2. The Labute approximate surface area is 99.7 Å². The summed E-state index contributed by atoms with van der Waals surface area (Å²) in [7, 11) is -3.39. The Balaban J connectivity index is 2.47. The van der Waals surface area contributed by atoms with Crippen LogP contribution >= 0.6 is 11.8 Å². The molecule has 1 N–H and O–H groups in total. The Kier molecular flexibility index (Phi) is 3.02. The van der Waals surface area contributed by atoms with Gasteiger partial charge in [0.2, 0.25) is 10.0 Å². The van der Waals surface area contributed by atoms with E-state index < -0.39 is 10.0 Å². The number of nitrogens with one attached hydrogen (secondary N) is 1. The summed E-state index contributed by atoms with van der Waals surface area (Å²) in [4.78, 5) is 0.335. The molecule has 0 radical (unpaired) electrons. The maximum Gasteiger partial charge on any atom is 0.247 e. The summed E-state index contributed by atoms with van der Waals surface area (Å²) in [6.07, 6.45) is 0. The Morgan fingerprint density at radius 3 is 2.62 bits per heavy atom. The number of aryl methyl sites for hydroxylation is 2. The van der Waals surface area contributed by atoms with E-state index >= 15 is 0 Å². The van der Waals surface area contributed by atoms with Crippen molar-refractivity contribution in [2.24, 2.45) is 0 Å². The Bertz CT molecular complexity index is 475. The Hall–Kier alpha value is -0.530. The fourth-order valence-corrected chi connectivity index (χ4v) is 5.29. The van der Waals surface area contributed by atoms with Gasteiger partial charge in [0.1, 0.15) is 4.90 Å². The molecule has 16 heavy (non-hydrogen) atoms. The monoisotopic (exact) mass is 261 g/mol. The third kappa shape index (κ3) is 1.76. The van der Waals surface area contributed by atoms with E-state index in [9.17, 15) is 8.42 Å². The molecule has 2 rings (SSSR count). The summed E-state index contributed by atoms with van der Waals surface area (Å²) in [6.45, 7) is 5.95. The molecule has 90 valence electrons. The summed E-state index contributed by atoms with van der Waals surface area (Å²) < 4.78 is 26.3. The third-order valence-corrected chi connectivity index (χ3v) is 6.23. The van der Waals surface area contributed by atoms with Crippen molar-refractivity contribution in [3.8, 4) is 0 Å². The normalized spacial score (nSPS) is 22.8. The van der Waals surface area contributed by atoms with E-state index in [1.807, 2.05) is 6.92 Å². The molecule has 0 spiro atoms. The predicted molar refractivity (Wildman–Crippen MR) is 63.9 cm³/mol. The van der Waals surface area contributed by atoms with Gasteiger partial charge in [0.05, 0.1) is 16.8 Å². The zero-order valence-corrected chi connectivity index (χ0v) is 11.2. The zero-order chi connectivity index (χ0) is 11.9. The lowest BCUT2D eigenvalue weighted by molar-refractivity contribution is 0.441. The molecule has 0 aromatic carbocycles. The Morgan fingerprint density at radius 1 is 1.50 bits per heavy atom. The SMILES string of the molecule is Cc1n[nH]c(C)c1S(=O)(=O)N1CCSC1C. The average molecular weight is 261 g/mol. The van der Waals surface area contributed by atoms with Crippen molar-refractivity contribution in [1.82, 2.24) is 14.5 Å². The van der Waals surface area contributed by atoms with Crippen LogP contribution in [0.3, 0.4) is 0 Å². The van der Waals surface area contributed by atoms with Crippen LogP contribution in [-0.4, -0.2) is 40.6 Å². The lowest BCUT2D eigenvalue weighted by atomic mass is 10.4. The molecule has 1 aliphatic rings. The first-order chi connectivity index (χ1) is 7.44. The van der Waals surface area contributed by atoms with E-state index in [2.05, 4.69) is 10.2 Å². The molecule has 1 aromatic rings. The van der Waals surface area contributed by atoms with Gasteiger partial charge in [-0.25, -0.2) is 8.42 Å². The highest BCUT2D eigenvalue weighted by Gasteiger charge is 2.35. The van der Waals surface area contributed by atoms with Crippen LogP contribution in [0.25, 0.3) is 0 Å². The molecule has 0 aliphatic carbocycles. The fraction of sp³-hybridized carbons (Fsp3) is 0.667. The number of nitrogens with zero attached hydrogens (tertiary/aromatic N) is 2. The van der Waals surface area contributed by atoms with Crippen LogP contribution in [0, 0.1) is 13.8 Å². The molecular weight excluding hydrogens is 246 g/mol. The van der Waals surface area contributed by atoms with Gasteiger partial charge in [0.25, 0.3) is 0 Å². The smallest absolute Gasteiger partial charge is 0.247 e. The minimum Gasteiger partial charge on any atom is -0.281 e. The van der Waals surface area contributed by atoms with Gasteiger partial charge in [-0.3, -0.25) is 5.10 Å². The van der Waals surface area contributed by atoms with Gasteiger partial charge in [0, 0.05) is 12.3 Å². The van der Waals surface area contributed by atoms with Gasteiger partial charge in [-0.2, -0.15) is 9.40 Å². The zero-order valence-electron chi connectivity index (χ0n) is 9.52. The highest BCUT2D eigenvalue weighted by molar-refractivity contribution is 8.01. The number of H-pyrrole nitrogens is 1. The average Bonchev–Trinajstić information content (AvgIpc) is 2.73. The standard InChI is InChI=1S/C9H15N3O2S2/c1-6-9(7(2)11-10-6)16(13,14)12-4-5-15-8(12)3/h8H,4-5H2,1-3H3,(H,10,11). The van der Waals surface area contributed by atoms with Gasteiger partial charge in [-0.05, 0) is 20.8 Å². The molecule has 0 bridgehead atoms. The molecule has 1 unspecified atom stereocenters. The number of rotatable bonds is 2. The Morgan fingerprint density at radius 2 is 2.19 bits per heavy atom. The lowest BCUT2D eigenvalue weighted by Gasteiger charge is -2.19. The van der Waals surface area contributed by atoms with Crippen molar-refractivity contribution in [3.05, 3.63) is 11.4 Å². The van der Waals surface area contributed by atoms with E-state index in [1.165, 1.54) is 0 Å². The number of sulfonamides is 1. The molecule has 2 heterocycles. The van der Waals surface area contributed by atoms with E-state index in [4.69, 9.17) is 0 Å². The van der Waals surface area contributed by atoms with E-state index in [-0.39, 0.29) is 5.37 Å². The number of thioether (sulfide) groups is 1. The summed E-state index contributed by atoms with van der Waals surface area (Å²) in [6, 6.07) is 0. The van der Waals surface area contributed by atoms with Crippen molar-refractivity contribution in [1.29, 1.82) is 0 Å². The topological polar surface area (TPSA) is 66.1 Å². The van der Waals surface area contributed by atoms with E-state index in [1.54, 1.807) is 29.9 Å². The number of aromatic amines is 1.